The molecule has 0 unspecified atom stereocenters. The van der Waals surface area contributed by atoms with Crippen LogP contribution < -0.4 is 4.74 Å². The number of carboxylic acid groups (broad SMARTS) is 1. The van der Waals surface area contributed by atoms with Crippen LogP contribution in [0.1, 0.15) is 18.4 Å². The van der Waals surface area contributed by atoms with E-state index in [1.54, 1.807) is 12.1 Å². The van der Waals surface area contributed by atoms with E-state index in [-0.39, 0.29) is 12.2 Å². The molecule has 1 aromatic rings. The monoisotopic (exact) mass is 212 g/mol. The van der Waals surface area contributed by atoms with Gasteiger partial charge in [-0.3, -0.25) is 4.79 Å². The summed E-state index contributed by atoms with van der Waals surface area (Å²) in [6, 6.07) is 4.59. The highest BCUT2D eigenvalue weighted by molar-refractivity contribution is 5.66. The Balaban J connectivity index is 2.58. The molecule has 0 amide bonds. The van der Waals surface area contributed by atoms with Gasteiger partial charge >= 0.3 is 5.97 Å². The van der Waals surface area contributed by atoms with Crippen molar-refractivity contribution in [1.29, 1.82) is 0 Å². The van der Waals surface area contributed by atoms with Crippen molar-refractivity contribution in [2.45, 2.75) is 19.3 Å². The van der Waals surface area contributed by atoms with Crippen LogP contribution in [0, 0.1) is 5.82 Å². The van der Waals surface area contributed by atoms with Crippen LogP contribution in [0.3, 0.4) is 0 Å². The largest absolute Gasteiger partial charge is 0.497 e. The quantitative estimate of drug-likeness (QED) is 0.814. The van der Waals surface area contributed by atoms with E-state index < -0.39 is 5.97 Å². The fourth-order valence-corrected chi connectivity index (χ4v) is 1.29. The molecule has 1 rings (SSSR count). The van der Waals surface area contributed by atoms with Gasteiger partial charge in [0.05, 0.1) is 7.11 Å². The van der Waals surface area contributed by atoms with E-state index in [1.165, 1.54) is 13.2 Å². The van der Waals surface area contributed by atoms with Gasteiger partial charge in [0, 0.05) is 12.5 Å². The van der Waals surface area contributed by atoms with Crippen molar-refractivity contribution in [3.8, 4) is 5.75 Å². The lowest BCUT2D eigenvalue weighted by atomic mass is 10.1. The number of aliphatic carboxylic acids is 1. The average Bonchev–Trinajstić information content (AvgIpc) is 2.20. The molecule has 4 heteroatoms. The van der Waals surface area contributed by atoms with Gasteiger partial charge in [-0.1, -0.05) is 6.07 Å². The predicted molar refractivity (Wildman–Crippen MR) is 53.5 cm³/mol. The van der Waals surface area contributed by atoms with Gasteiger partial charge in [-0.05, 0) is 24.5 Å². The molecule has 0 atom stereocenters. The van der Waals surface area contributed by atoms with Gasteiger partial charge in [-0.15, -0.1) is 0 Å². The summed E-state index contributed by atoms with van der Waals surface area (Å²) in [6.07, 6.45) is 0.937. The molecular formula is C11H13FO3. The van der Waals surface area contributed by atoms with E-state index >= 15 is 0 Å². The summed E-state index contributed by atoms with van der Waals surface area (Å²) in [5.74, 6) is -0.738. The number of aryl methyl sites for hydroxylation is 1. The third kappa shape index (κ3) is 3.58. The van der Waals surface area contributed by atoms with Crippen LogP contribution in [0.4, 0.5) is 4.39 Å². The molecule has 0 saturated carbocycles. The second-order valence-corrected chi connectivity index (χ2v) is 3.20. The Morgan fingerprint density at radius 2 is 2.27 bits per heavy atom. The summed E-state index contributed by atoms with van der Waals surface area (Å²) in [4.78, 5) is 10.3. The molecule has 0 bridgehead atoms. The zero-order valence-electron chi connectivity index (χ0n) is 8.50. The number of halogens is 1. The summed E-state index contributed by atoms with van der Waals surface area (Å²) in [7, 11) is 1.47. The third-order valence-corrected chi connectivity index (χ3v) is 2.10. The highest BCUT2D eigenvalue weighted by Crippen LogP contribution is 2.17. The number of carboxylic acids is 1. The third-order valence-electron chi connectivity index (χ3n) is 2.10. The van der Waals surface area contributed by atoms with Crippen molar-refractivity contribution < 1.29 is 19.0 Å². The Bertz CT molecular complexity index is 350. The molecule has 0 aliphatic carbocycles. The van der Waals surface area contributed by atoms with Gasteiger partial charge in [0.1, 0.15) is 11.6 Å². The maximum absolute atomic E-state index is 13.3. The molecule has 3 nitrogen and oxygen atoms in total. The number of carbonyl (C=O) groups is 1. The van der Waals surface area contributed by atoms with Crippen LogP contribution >= 0.6 is 0 Å². The summed E-state index contributed by atoms with van der Waals surface area (Å²) in [5, 5.41) is 8.43. The second kappa shape index (κ2) is 5.34. The molecule has 15 heavy (non-hydrogen) atoms. The van der Waals surface area contributed by atoms with E-state index in [0.29, 0.717) is 24.2 Å². The van der Waals surface area contributed by atoms with Crippen molar-refractivity contribution in [2.75, 3.05) is 7.11 Å². The highest BCUT2D eigenvalue weighted by atomic mass is 19.1. The SMILES string of the molecule is COc1ccc(CCCC(=O)O)c(F)c1. The fourth-order valence-electron chi connectivity index (χ4n) is 1.29. The number of methoxy groups -OCH3 is 1. The first kappa shape index (κ1) is 11.5. The highest BCUT2D eigenvalue weighted by Gasteiger charge is 2.05. The van der Waals surface area contributed by atoms with E-state index in [2.05, 4.69) is 0 Å². The van der Waals surface area contributed by atoms with Crippen LogP contribution in [0.2, 0.25) is 0 Å². The lowest BCUT2D eigenvalue weighted by Crippen LogP contribution is -1.97. The molecule has 1 N–H and O–H groups in total. The molecule has 0 aromatic heterocycles. The Morgan fingerprint density at radius 3 is 2.80 bits per heavy atom. The van der Waals surface area contributed by atoms with Gasteiger partial charge in [0.2, 0.25) is 0 Å². The molecule has 0 spiro atoms. The van der Waals surface area contributed by atoms with Crippen molar-refractivity contribution in [1.82, 2.24) is 0 Å². The number of ether oxygens (including phenoxy) is 1. The molecule has 0 heterocycles. The maximum atomic E-state index is 13.3. The summed E-state index contributed by atoms with van der Waals surface area (Å²) >= 11 is 0. The zero-order valence-corrected chi connectivity index (χ0v) is 8.50. The molecule has 0 radical (unpaired) electrons. The smallest absolute Gasteiger partial charge is 0.303 e. The predicted octanol–water partition coefficient (Wildman–Crippen LogP) is 2.24. The van der Waals surface area contributed by atoms with Crippen molar-refractivity contribution in [2.24, 2.45) is 0 Å². The van der Waals surface area contributed by atoms with Crippen LogP contribution in [-0.2, 0) is 11.2 Å². The Morgan fingerprint density at radius 1 is 1.53 bits per heavy atom. The number of hydrogen-bond donors (Lipinski definition) is 1. The molecular weight excluding hydrogens is 199 g/mol. The summed E-state index contributed by atoms with van der Waals surface area (Å²) < 4.78 is 18.2. The molecule has 1 aromatic carbocycles. The van der Waals surface area contributed by atoms with Crippen LogP contribution in [0.15, 0.2) is 18.2 Å². The maximum Gasteiger partial charge on any atom is 0.303 e. The molecule has 82 valence electrons. The van der Waals surface area contributed by atoms with Gasteiger partial charge in [-0.25, -0.2) is 4.39 Å². The van der Waals surface area contributed by atoms with E-state index in [9.17, 15) is 9.18 Å². The topological polar surface area (TPSA) is 46.5 Å². The van der Waals surface area contributed by atoms with Gasteiger partial charge in [-0.2, -0.15) is 0 Å². The van der Waals surface area contributed by atoms with Crippen molar-refractivity contribution in [3.63, 3.8) is 0 Å². The molecule has 0 saturated heterocycles. The lowest BCUT2D eigenvalue weighted by Gasteiger charge is -2.04. The minimum absolute atomic E-state index is 0.0610. The first-order chi connectivity index (χ1) is 7.13. The van der Waals surface area contributed by atoms with Gasteiger partial charge < -0.3 is 9.84 Å². The Hall–Kier alpha value is -1.58. The standard InChI is InChI=1S/C11H13FO3/c1-15-9-6-5-8(10(12)7-9)3-2-4-11(13)14/h5-7H,2-4H2,1H3,(H,13,14). The minimum Gasteiger partial charge on any atom is -0.497 e. The number of hydrogen-bond acceptors (Lipinski definition) is 2. The average molecular weight is 212 g/mol. The van der Waals surface area contributed by atoms with E-state index in [1.807, 2.05) is 0 Å². The Kier molecular flexibility index (Phi) is 4.09. The summed E-state index contributed by atoms with van der Waals surface area (Å²) in [6.45, 7) is 0. The molecule has 0 fully saturated rings. The van der Waals surface area contributed by atoms with Crippen LogP contribution in [0.25, 0.3) is 0 Å². The molecule has 0 aliphatic heterocycles. The van der Waals surface area contributed by atoms with Crippen molar-refractivity contribution in [3.05, 3.63) is 29.6 Å². The molecule has 0 aliphatic rings. The van der Waals surface area contributed by atoms with E-state index in [0.717, 1.165) is 0 Å². The summed E-state index contributed by atoms with van der Waals surface area (Å²) in [5.41, 5.74) is 0.525. The van der Waals surface area contributed by atoms with Gasteiger partial charge in [0.25, 0.3) is 0 Å². The van der Waals surface area contributed by atoms with Crippen LogP contribution in [-0.4, -0.2) is 18.2 Å². The minimum atomic E-state index is -0.857. The Labute approximate surface area is 87.5 Å². The van der Waals surface area contributed by atoms with Crippen LogP contribution in [0.5, 0.6) is 5.75 Å². The first-order valence-corrected chi connectivity index (χ1v) is 4.67. The first-order valence-electron chi connectivity index (χ1n) is 4.67. The lowest BCUT2D eigenvalue weighted by molar-refractivity contribution is -0.137. The van der Waals surface area contributed by atoms with Gasteiger partial charge in [0.15, 0.2) is 0 Å². The second-order valence-electron chi connectivity index (χ2n) is 3.20. The number of rotatable bonds is 5. The fraction of sp³-hybridized carbons (Fsp3) is 0.364. The van der Waals surface area contributed by atoms with E-state index in [4.69, 9.17) is 9.84 Å². The van der Waals surface area contributed by atoms with Crippen molar-refractivity contribution >= 4 is 5.97 Å². The normalized spacial score (nSPS) is 10.0. The zero-order chi connectivity index (χ0) is 11.3. The number of benzene rings is 1.